The molecule has 2 aromatic rings. The van der Waals surface area contributed by atoms with Gasteiger partial charge in [0.05, 0.1) is 0 Å². The smallest absolute Gasteiger partial charge is 0.123 e. The Labute approximate surface area is 123 Å². The van der Waals surface area contributed by atoms with E-state index in [-0.39, 0.29) is 6.04 Å². The molecule has 0 bridgehead atoms. The van der Waals surface area contributed by atoms with Crippen LogP contribution in [0.25, 0.3) is 0 Å². The Morgan fingerprint density at radius 3 is 2.89 bits per heavy atom. The first-order valence-corrected chi connectivity index (χ1v) is 7.64. The summed E-state index contributed by atoms with van der Waals surface area (Å²) in [6, 6.07) is 9.96. The quantitative estimate of drug-likeness (QED) is 0.864. The summed E-state index contributed by atoms with van der Waals surface area (Å²) in [5.41, 5.74) is 7.10. The average Bonchev–Trinajstić information content (AvgIpc) is 2.91. The molecule has 0 amide bonds. The van der Waals surface area contributed by atoms with Gasteiger partial charge in [-0.2, -0.15) is 0 Å². The SMILES string of the molecule is CCC(N)Cc1cc(Cl)ccc1OCc1cccs1. The van der Waals surface area contributed by atoms with Crippen molar-refractivity contribution in [1.82, 2.24) is 0 Å². The van der Waals surface area contributed by atoms with Crippen LogP contribution in [0.15, 0.2) is 35.7 Å². The highest BCUT2D eigenvalue weighted by Gasteiger charge is 2.09. The molecular formula is C15H18ClNOS. The van der Waals surface area contributed by atoms with Gasteiger partial charge in [0.1, 0.15) is 12.4 Å². The van der Waals surface area contributed by atoms with Gasteiger partial charge in [-0.25, -0.2) is 0 Å². The summed E-state index contributed by atoms with van der Waals surface area (Å²) >= 11 is 7.74. The molecular weight excluding hydrogens is 278 g/mol. The molecule has 0 aliphatic rings. The van der Waals surface area contributed by atoms with Crippen LogP contribution < -0.4 is 10.5 Å². The molecule has 1 aromatic carbocycles. The number of ether oxygens (including phenoxy) is 1. The van der Waals surface area contributed by atoms with E-state index in [4.69, 9.17) is 22.1 Å². The van der Waals surface area contributed by atoms with Gasteiger partial charge in [0, 0.05) is 15.9 Å². The second-order valence-electron chi connectivity index (χ2n) is 4.49. The minimum absolute atomic E-state index is 0.141. The maximum atomic E-state index is 6.05. The zero-order valence-electron chi connectivity index (χ0n) is 10.9. The maximum Gasteiger partial charge on any atom is 0.123 e. The molecule has 2 N–H and O–H groups in total. The van der Waals surface area contributed by atoms with Crippen LogP contribution in [0.4, 0.5) is 0 Å². The zero-order valence-corrected chi connectivity index (χ0v) is 12.5. The van der Waals surface area contributed by atoms with Gasteiger partial charge in [-0.05, 0) is 48.1 Å². The molecule has 2 nitrogen and oxygen atoms in total. The topological polar surface area (TPSA) is 35.2 Å². The van der Waals surface area contributed by atoms with Gasteiger partial charge in [-0.3, -0.25) is 0 Å². The molecule has 2 rings (SSSR count). The highest BCUT2D eigenvalue weighted by Crippen LogP contribution is 2.25. The van der Waals surface area contributed by atoms with Gasteiger partial charge in [0.15, 0.2) is 0 Å². The third-order valence-electron chi connectivity index (χ3n) is 2.98. The number of rotatable bonds is 6. The van der Waals surface area contributed by atoms with E-state index in [1.54, 1.807) is 11.3 Å². The lowest BCUT2D eigenvalue weighted by Crippen LogP contribution is -2.21. The van der Waals surface area contributed by atoms with Crippen LogP contribution in [0.3, 0.4) is 0 Å². The van der Waals surface area contributed by atoms with Crippen LogP contribution in [0.5, 0.6) is 5.75 Å². The minimum atomic E-state index is 0.141. The Hall–Kier alpha value is -1.03. The van der Waals surface area contributed by atoms with Gasteiger partial charge in [-0.1, -0.05) is 24.6 Å². The van der Waals surface area contributed by atoms with Crippen LogP contribution in [0, 0.1) is 0 Å². The van der Waals surface area contributed by atoms with Crippen LogP contribution in [-0.2, 0) is 13.0 Å². The molecule has 102 valence electrons. The third-order valence-corrected chi connectivity index (χ3v) is 4.06. The molecule has 1 heterocycles. The lowest BCUT2D eigenvalue weighted by atomic mass is 10.0. The molecule has 19 heavy (non-hydrogen) atoms. The molecule has 0 radical (unpaired) electrons. The van der Waals surface area contributed by atoms with Gasteiger partial charge in [-0.15, -0.1) is 11.3 Å². The van der Waals surface area contributed by atoms with E-state index in [1.165, 1.54) is 4.88 Å². The zero-order chi connectivity index (χ0) is 13.7. The first-order chi connectivity index (χ1) is 9.19. The van der Waals surface area contributed by atoms with E-state index in [9.17, 15) is 0 Å². The standard InChI is InChI=1S/C15H18ClNOS/c1-2-13(17)9-11-8-12(16)5-6-15(11)18-10-14-4-3-7-19-14/h3-8,13H,2,9-10,17H2,1H3. The van der Waals surface area contributed by atoms with Crippen molar-refractivity contribution in [1.29, 1.82) is 0 Å². The number of nitrogens with two attached hydrogens (primary N) is 1. The third kappa shape index (κ3) is 4.23. The summed E-state index contributed by atoms with van der Waals surface area (Å²) in [5, 5.41) is 2.77. The molecule has 4 heteroatoms. The fourth-order valence-electron chi connectivity index (χ4n) is 1.82. The van der Waals surface area contributed by atoms with E-state index < -0.39 is 0 Å². The Kier molecular flexibility index (Phi) is 5.25. The fraction of sp³-hybridized carbons (Fsp3) is 0.333. The second-order valence-corrected chi connectivity index (χ2v) is 5.96. The van der Waals surface area contributed by atoms with Crippen molar-refractivity contribution in [2.45, 2.75) is 32.4 Å². The number of hydrogen-bond donors (Lipinski definition) is 1. The summed E-state index contributed by atoms with van der Waals surface area (Å²) in [4.78, 5) is 1.21. The van der Waals surface area contributed by atoms with Crippen molar-refractivity contribution in [3.8, 4) is 5.75 Å². The Morgan fingerprint density at radius 2 is 2.21 bits per heavy atom. The molecule has 0 aliphatic heterocycles. The summed E-state index contributed by atoms with van der Waals surface area (Å²) < 4.78 is 5.88. The lowest BCUT2D eigenvalue weighted by molar-refractivity contribution is 0.305. The second kappa shape index (κ2) is 6.94. The normalized spacial score (nSPS) is 12.4. The lowest BCUT2D eigenvalue weighted by Gasteiger charge is -2.14. The van der Waals surface area contributed by atoms with Gasteiger partial charge in [0.25, 0.3) is 0 Å². The van der Waals surface area contributed by atoms with Crippen molar-refractivity contribution in [3.05, 3.63) is 51.2 Å². The van der Waals surface area contributed by atoms with Crippen molar-refractivity contribution in [2.75, 3.05) is 0 Å². The van der Waals surface area contributed by atoms with E-state index in [2.05, 4.69) is 18.4 Å². The Balaban J connectivity index is 2.09. The predicted octanol–water partition coefficient (Wildman–Crippen LogP) is 4.26. The minimum Gasteiger partial charge on any atom is -0.488 e. The summed E-state index contributed by atoms with van der Waals surface area (Å²) in [7, 11) is 0. The molecule has 1 unspecified atom stereocenters. The number of hydrogen-bond acceptors (Lipinski definition) is 3. The van der Waals surface area contributed by atoms with Crippen molar-refractivity contribution < 1.29 is 4.74 Å². The van der Waals surface area contributed by atoms with Crippen LogP contribution in [-0.4, -0.2) is 6.04 Å². The molecule has 0 saturated heterocycles. The first-order valence-electron chi connectivity index (χ1n) is 6.38. The molecule has 1 aromatic heterocycles. The van der Waals surface area contributed by atoms with Crippen LogP contribution in [0.1, 0.15) is 23.8 Å². The van der Waals surface area contributed by atoms with Crippen molar-refractivity contribution >= 4 is 22.9 Å². The first kappa shape index (κ1) is 14.4. The molecule has 1 atom stereocenters. The van der Waals surface area contributed by atoms with Crippen molar-refractivity contribution in [3.63, 3.8) is 0 Å². The van der Waals surface area contributed by atoms with Crippen LogP contribution >= 0.6 is 22.9 Å². The van der Waals surface area contributed by atoms with Crippen LogP contribution in [0.2, 0.25) is 5.02 Å². The Bertz CT molecular complexity index is 513. The van der Waals surface area contributed by atoms with E-state index in [0.29, 0.717) is 6.61 Å². The highest BCUT2D eigenvalue weighted by atomic mass is 35.5. The predicted molar refractivity (Wildman–Crippen MR) is 82.1 cm³/mol. The van der Waals surface area contributed by atoms with E-state index >= 15 is 0 Å². The summed E-state index contributed by atoms with van der Waals surface area (Å²) in [6.07, 6.45) is 1.73. The monoisotopic (exact) mass is 295 g/mol. The van der Waals surface area contributed by atoms with Gasteiger partial charge >= 0.3 is 0 Å². The molecule has 0 spiro atoms. The van der Waals surface area contributed by atoms with Crippen molar-refractivity contribution in [2.24, 2.45) is 5.73 Å². The number of halogens is 1. The maximum absolute atomic E-state index is 6.05. The Morgan fingerprint density at radius 1 is 1.37 bits per heavy atom. The number of benzene rings is 1. The summed E-state index contributed by atoms with van der Waals surface area (Å²) in [6.45, 7) is 2.68. The molecule has 0 fully saturated rings. The summed E-state index contributed by atoms with van der Waals surface area (Å²) in [5.74, 6) is 0.877. The molecule has 0 aliphatic carbocycles. The fourth-order valence-corrected chi connectivity index (χ4v) is 2.63. The van der Waals surface area contributed by atoms with Gasteiger partial charge in [0.2, 0.25) is 0 Å². The van der Waals surface area contributed by atoms with Gasteiger partial charge < -0.3 is 10.5 Å². The van der Waals surface area contributed by atoms with E-state index in [1.807, 2.05) is 24.3 Å². The van der Waals surface area contributed by atoms with E-state index in [0.717, 1.165) is 29.2 Å². The number of thiophene rings is 1. The largest absolute Gasteiger partial charge is 0.488 e. The average molecular weight is 296 g/mol. The highest BCUT2D eigenvalue weighted by molar-refractivity contribution is 7.09. The molecule has 0 saturated carbocycles.